The standard InChI is InChI=1S/C21H28N2O5S/c1-4-27-21(25)28-19-17(12-15-7-9-29(22,26)10-8-15)23-20(24)18(19)16-11-13(2)5-6-14(16)3/h5-6,11,15,17,22H,4,7-10,12H2,1-3H3,(H,23,24). The Morgan fingerprint density at radius 3 is 2.62 bits per heavy atom. The molecule has 0 aliphatic carbocycles. The number of hydrogen-bond donors (Lipinski definition) is 2. The molecule has 0 spiro atoms. The van der Waals surface area contributed by atoms with Gasteiger partial charge in [-0.15, -0.1) is 0 Å². The normalized spacial score (nSPS) is 26.9. The third-order valence-electron chi connectivity index (χ3n) is 5.49. The minimum Gasteiger partial charge on any atom is -0.434 e. The minimum absolute atomic E-state index is 0.178. The zero-order valence-corrected chi connectivity index (χ0v) is 17.9. The van der Waals surface area contributed by atoms with Crippen LogP contribution in [0.5, 0.6) is 0 Å². The molecule has 0 aromatic heterocycles. The number of carbonyl (C=O) groups is 2. The fraction of sp³-hybridized carbons (Fsp3) is 0.524. The Kier molecular flexibility index (Phi) is 6.31. The molecule has 0 bridgehead atoms. The molecule has 2 aliphatic rings. The highest BCUT2D eigenvalue weighted by Gasteiger charge is 2.38. The Hall–Kier alpha value is -2.35. The van der Waals surface area contributed by atoms with Crippen molar-refractivity contribution in [1.82, 2.24) is 5.32 Å². The molecule has 1 unspecified atom stereocenters. The Balaban J connectivity index is 1.93. The van der Waals surface area contributed by atoms with E-state index in [1.54, 1.807) is 6.92 Å². The van der Waals surface area contributed by atoms with Gasteiger partial charge in [0, 0.05) is 21.2 Å². The van der Waals surface area contributed by atoms with Gasteiger partial charge in [-0.3, -0.25) is 9.57 Å². The molecule has 0 radical (unpaired) electrons. The van der Waals surface area contributed by atoms with Crippen molar-refractivity contribution >= 4 is 27.4 Å². The van der Waals surface area contributed by atoms with Gasteiger partial charge >= 0.3 is 6.16 Å². The maximum absolute atomic E-state index is 12.9. The number of benzene rings is 1. The molecule has 0 saturated carbocycles. The molecule has 1 aromatic rings. The summed E-state index contributed by atoms with van der Waals surface area (Å²) in [5.41, 5.74) is 3.02. The van der Waals surface area contributed by atoms with Gasteiger partial charge in [-0.25, -0.2) is 9.00 Å². The van der Waals surface area contributed by atoms with Crippen molar-refractivity contribution in [3.63, 3.8) is 0 Å². The lowest BCUT2D eigenvalue weighted by molar-refractivity contribution is -0.115. The lowest BCUT2D eigenvalue weighted by Gasteiger charge is -2.26. The SMILES string of the molecule is CCOC(=O)OC1=C(c2cc(C)ccc2C)C(=O)NC1CC1CCS(=N)(=O)CC1. The molecule has 1 fully saturated rings. The van der Waals surface area contributed by atoms with Crippen LogP contribution in [0.3, 0.4) is 0 Å². The lowest BCUT2D eigenvalue weighted by atomic mass is 9.92. The van der Waals surface area contributed by atoms with E-state index in [4.69, 9.17) is 14.3 Å². The number of nitrogens with one attached hydrogen (secondary N) is 2. The summed E-state index contributed by atoms with van der Waals surface area (Å²) in [5, 5.41) is 2.95. The average Bonchev–Trinajstić information content (AvgIpc) is 2.94. The van der Waals surface area contributed by atoms with E-state index in [2.05, 4.69) is 5.32 Å². The second-order valence-electron chi connectivity index (χ2n) is 7.77. The first-order valence-corrected chi connectivity index (χ1v) is 11.8. The van der Waals surface area contributed by atoms with Crippen molar-refractivity contribution in [2.45, 2.75) is 46.1 Å². The van der Waals surface area contributed by atoms with Gasteiger partial charge in [0.05, 0.1) is 18.2 Å². The zero-order valence-electron chi connectivity index (χ0n) is 17.1. The van der Waals surface area contributed by atoms with Crippen molar-refractivity contribution < 1.29 is 23.3 Å². The van der Waals surface area contributed by atoms with E-state index >= 15 is 0 Å². The fourth-order valence-corrected chi connectivity index (χ4v) is 5.53. The van der Waals surface area contributed by atoms with Crippen molar-refractivity contribution in [3.05, 3.63) is 40.6 Å². The topological polar surface area (TPSA) is 106 Å². The van der Waals surface area contributed by atoms with E-state index < -0.39 is 21.9 Å². The molecule has 1 saturated heterocycles. The highest BCUT2D eigenvalue weighted by atomic mass is 32.2. The molecule has 7 nitrogen and oxygen atoms in total. The van der Waals surface area contributed by atoms with Crippen molar-refractivity contribution in [2.75, 3.05) is 18.1 Å². The first-order valence-electron chi connectivity index (χ1n) is 9.91. The second kappa shape index (κ2) is 8.57. The van der Waals surface area contributed by atoms with Crippen LogP contribution in [0, 0.1) is 24.5 Å². The van der Waals surface area contributed by atoms with Crippen LogP contribution in [0.2, 0.25) is 0 Å². The Morgan fingerprint density at radius 1 is 1.28 bits per heavy atom. The second-order valence-corrected chi connectivity index (χ2v) is 10.2. The largest absolute Gasteiger partial charge is 0.513 e. The quantitative estimate of drug-likeness (QED) is 0.709. The van der Waals surface area contributed by atoms with Gasteiger partial charge in [-0.2, -0.15) is 0 Å². The zero-order chi connectivity index (χ0) is 21.2. The molecule has 8 heteroatoms. The van der Waals surface area contributed by atoms with Gasteiger partial charge < -0.3 is 14.8 Å². The molecule has 2 heterocycles. The number of hydrogen-bond acceptors (Lipinski definition) is 6. The molecule has 2 aliphatic heterocycles. The van der Waals surface area contributed by atoms with Crippen LogP contribution in [-0.2, 0) is 24.0 Å². The molecule has 2 N–H and O–H groups in total. The van der Waals surface area contributed by atoms with Crippen LogP contribution in [-0.4, -0.2) is 40.4 Å². The van der Waals surface area contributed by atoms with Crippen LogP contribution < -0.4 is 5.32 Å². The van der Waals surface area contributed by atoms with Gasteiger partial charge in [0.2, 0.25) is 0 Å². The highest BCUT2D eigenvalue weighted by Crippen LogP contribution is 2.35. The van der Waals surface area contributed by atoms with Crippen LogP contribution in [0.15, 0.2) is 24.0 Å². The van der Waals surface area contributed by atoms with E-state index in [0.717, 1.165) is 16.7 Å². The third-order valence-corrected chi connectivity index (χ3v) is 7.28. The van der Waals surface area contributed by atoms with E-state index in [-0.39, 0.29) is 18.4 Å². The molecular formula is C21H28N2O5S. The number of ether oxygens (including phenoxy) is 2. The maximum Gasteiger partial charge on any atom is 0.513 e. The van der Waals surface area contributed by atoms with E-state index in [1.165, 1.54) is 0 Å². The maximum atomic E-state index is 12.9. The summed E-state index contributed by atoms with van der Waals surface area (Å²) in [6, 6.07) is 5.37. The first kappa shape index (κ1) is 21.4. The van der Waals surface area contributed by atoms with Crippen LogP contribution >= 0.6 is 0 Å². The van der Waals surface area contributed by atoms with Crippen molar-refractivity contribution in [2.24, 2.45) is 5.92 Å². The highest BCUT2D eigenvalue weighted by molar-refractivity contribution is 7.92. The molecule has 1 atom stereocenters. The van der Waals surface area contributed by atoms with E-state index in [1.807, 2.05) is 32.0 Å². The van der Waals surface area contributed by atoms with Crippen molar-refractivity contribution in [1.29, 1.82) is 4.78 Å². The Labute approximate surface area is 171 Å². The summed E-state index contributed by atoms with van der Waals surface area (Å²) < 4.78 is 30.2. The van der Waals surface area contributed by atoms with Gasteiger partial charge in [0.1, 0.15) is 5.76 Å². The van der Waals surface area contributed by atoms with Crippen LogP contribution in [0.1, 0.15) is 42.9 Å². The third kappa shape index (κ3) is 4.98. The first-order chi connectivity index (χ1) is 13.7. The van der Waals surface area contributed by atoms with Crippen molar-refractivity contribution in [3.8, 4) is 0 Å². The summed E-state index contributed by atoms with van der Waals surface area (Å²) >= 11 is 0. The lowest BCUT2D eigenvalue weighted by Crippen LogP contribution is -2.34. The summed E-state index contributed by atoms with van der Waals surface area (Å²) in [6.07, 6.45) is 1.08. The number of amides is 1. The van der Waals surface area contributed by atoms with Gasteiger partial charge in [0.15, 0.2) is 0 Å². The van der Waals surface area contributed by atoms with Crippen LogP contribution in [0.4, 0.5) is 4.79 Å². The minimum atomic E-state index is -2.47. The predicted molar refractivity (Wildman–Crippen MR) is 111 cm³/mol. The average molecular weight is 421 g/mol. The molecule has 3 rings (SSSR count). The van der Waals surface area contributed by atoms with Gasteiger partial charge in [-0.05, 0) is 57.1 Å². The van der Waals surface area contributed by atoms with E-state index in [0.29, 0.717) is 42.1 Å². The Bertz CT molecular complexity index is 938. The molecule has 158 valence electrons. The summed E-state index contributed by atoms with van der Waals surface area (Å²) in [5.74, 6) is 0.973. The van der Waals surface area contributed by atoms with E-state index in [9.17, 15) is 13.8 Å². The fourth-order valence-electron chi connectivity index (χ4n) is 3.90. The predicted octanol–water partition coefficient (Wildman–Crippen LogP) is 3.53. The summed E-state index contributed by atoms with van der Waals surface area (Å²) in [6.45, 7) is 5.73. The van der Waals surface area contributed by atoms with Crippen LogP contribution in [0.25, 0.3) is 5.57 Å². The summed E-state index contributed by atoms with van der Waals surface area (Å²) in [7, 11) is -2.47. The smallest absolute Gasteiger partial charge is 0.434 e. The van der Waals surface area contributed by atoms with Gasteiger partial charge in [0.25, 0.3) is 5.91 Å². The monoisotopic (exact) mass is 420 g/mol. The Morgan fingerprint density at radius 2 is 1.97 bits per heavy atom. The molecule has 1 amide bonds. The number of aryl methyl sites for hydroxylation is 2. The number of carbonyl (C=O) groups excluding carboxylic acids is 2. The molecule has 29 heavy (non-hydrogen) atoms. The molecular weight excluding hydrogens is 392 g/mol. The summed E-state index contributed by atoms with van der Waals surface area (Å²) in [4.78, 5) is 24.9. The number of rotatable bonds is 5. The molecule has 1 aromatic carbocycles. The van der Waals surface area contributed by atoms with Gasteiger partial charge in [-0.1, -0.05) is 23.8 Å².